The molecule has 1 fully saturated rings. The van der Waals surface area contributed by atoms with Crippen LogP contribution in [0.4, 0.5) is 0 Å². The summed E-state index contributed by atoms with van der Waals surface area (Å²) in [5, 5.41) is 19.7. The van der Waals surface area contributed by atoms with Crippen molar-refractivity contribution >= 4 is 21.8 Å². The molecule has 0 saturated carbocycles. The highest BCUT2D eigenvalue weighted by Gasteiger charge is 2.32. The van der Waals surface area contributed by atoms with E-state index in [2.05, 4.69) is 15.9 Å². The number of benzene rings is 1. The Morgan fingerprint density at radius 3 is 2.89 bits per heavy atom. The molecule has 1 heterocycles. The molecule has 0 aromatic heterocycles. The monoisotopic (exact) mass is 313 g/mol. The van der Waals surface area contributed by atoms with Crippen LogP contribution in [0.5, 0.6) is 5.75 Å². The summed E-state index contributed by atoms with van der Waals surface area (Å²) < 4.78 is 0.743. The lowest BCUT2D eigenvalue weighted by Gasteiger charge is -2.36. The summed E-state index contributed by atoms with van der Waals surface area (Å²) in [6.45, 7) is 2.64. The van der Waals surface area contributed by atoms with E-state index in [0.717, 1.165) is 10.9 Å². The predicted octanol–water partition coefficient (Wildman–Crippen LogP) is 2.14. The fourth-order valence-corrected chi connectivity index (χ4v) is 2.60. The lowest BCUT2D eigenvalue weighted by molar-refractivity contribution is -0.0108. The van der Waals surface area contributed by atoms with E-state index in [-0.39, 0.29) is 17.2 Å². The number of rotatable bonds is 1. The number of carbonyl (C=O) groups excluding carboxylic acids is 1. The van der Waals surface area contributed by atoms with Crippen molar-refractivity contribution in [3.8, 4) is 5.75 Å². The minimum Gasteiger partial charge on any atom is -0.507 e. The summed E-state index contributed by atoms with van der Waals surface area (Å²) in [7, 11) is 0. The molecule has 2 N–H and O–H groups in total. The molecule has 1 aromatic carbocycles. The molecule has 1 atom stereocenters. The fraction of sp³-hybridized carbons (Fsp3) is 0.462. The van der Waals surface area contributed by atoms with E-state index in [9.17, 15) is 15.0 Å². The molecule has 18 heavy (non-hydrogen) atoms. The third-order valence-electron chi connectivity index (χ3n) is 3.15. The average Bonchev–Trinajstić information content (AvgIpc) is 2.30. The van der Waals surface area contributed by atoms with Crippen LogP contribution in [0, 0.1) is 0 Å². The molecule has 0 bridgehead atoms. The molecule has 1 unspecified atom stereocenters. The molecular formula is C13H16BrNO3. The second-order valence-electron chi connectivity index (χ2n) is 4.99. The zero-order valence-corrected chi connectivity index (χ0v) is 11.8. The molecule has 1 amide bonds. The van der Waals surface area contributed by atoms with E-state index >= 15 is 0 Å². The topological polar surface area (TPSA) is 60.8 Å². The normalized spacial score (nSPS) is 24.1. The van der Waals surface area contributed by atoms with E-state index < -0.39 is 5.60 Å². The van der Waals surface area contributed by atoms with E-state index in [1.165, 1.54) is 6.07 Å². The lowest BCUT2D eigenvalue weighted by Crippen LogP contribution is -2.48. The van der Waals surface area contributed by atoms with Gasteiger partial charge in [0.2, 0.25) is 0 Å². The zero-order valence-electron chi connectivity index (χ0n) is 10.2. The van der Waals surface area contributed by atoms with Crippen LogP contribution in [-0.2, 0) is 0 Å². The van der Waals surface area contributed by atoms with Gasteiger partial charge in [-0.25, -0.2) is 0 Å². The largest absolute Gasteiger partial charge is 0.507 e. The minimum absolute atomic E-state index is 0.0339. The van der Waals surface area contributed by atoms with Crippen LogP contribution in [0.2, 0.25) is 0 Å². The van der Waals surface area contributed by atoms with Crippen LogP contribution in [0.15, 0.2) is 22.7 Å². The van der Waals surface area contributed by atoms with E-state index in [0.29, 0.717) is 19.5 Å². The Morgan fingerprint density at radius 2 is 2.22 bits per heavy atom. The van der Waals surface area contributed by atoms with Crippen LogP contribution in [-0.4, -0.2) is 39.7 Å². The molecule has 0 radical (unpaired) electrons. The number of halogens is 1. The van der Waals surface area contributed by atoms with Crippen LogP contribution in [0.3, 0.4) is 0 Å². The number of nitrogens with zero attached hydrogens (tertiary/aromatic N) is 1. The minimum atomic E-state index is -0.838. The molecule has 98 valence electrons. The van der Waals surface area contributed by atoms with Crippen molar-refractivity contribution in [2.24, 2.45) is 0 Å². The molecule has 0 spiro atoms. The number of amides is 1. The Labute approximate surface area is 114 Å². The van der Waals surface area contributed by atoms with Gasteiger partial charge in [-0.15, -0.1) is 0 Å². The summed E-state index contributed by atoms with van der Waals surface area (Å²) in [5.41, 5.74) is -0.572. The Bertz CT molecular complexity index is 473. The van der Waals surface area contributed by atoms with Gasteiger partial charge in [0.1, 0.15) is 5.75 Å². The molecule has 1 aromatic rings. The number of phenolic OH excluding ortho intramolecular Hbond substituents is 1. The number of likely N-dealkylation sites (tertiary alicyclic amines) is 1. The van der Waals surface area contributed by atoms with Gasteiger partial charge in [-0.3, -0.25) is 4.79 Å². The zero-order chi connectivity index (χ0) is 13.3. The van der Waals surface area contributed by atoms with Gasteiger partial charge in [0.15, 0.2) is 0 Å². The van der Waals surface area contributed by atoms with Gasteiger partial charge in [-0.05, 0) is 38.0 Å². The molecule has 1 aliphatic rings. The van der Waals surface area contributed by atoms with Gasteiger partial charge in [0, 0.05) is 17.6 Å². The maximum Gasteiger partial charge on any atom is 0.257 e. The highest BCUT2D eigenvalue weighted by atomic mass is 79.9. The lowest BCUT2D eigenvalue weighted by atomic mass is 9.94. The number of hydrogen-bond donors (Lipinski definition) is 2. The summed E-state index contributed by atoms with van der Waals surface area (Å²) in [4.78, 5) is 13.9. The highest BCUT2D eigenvalue weighted by molar-refractivity contribution is 9.10. The van der Waals surface area contributed by atoms with E-state index in [1.54, 1.807) is 24.0 Å². The van der Waals surface area contributed by atoms with E-state index in [1.807, 2.05) is 0 Å². The van der Waals surface area contributed by atoms with Crippen molar-refractivity contribution in [3.63, 3.8) is 0 Å². The second kappa shape index (κ2) is 4.90. The van der Waals surface area contributed by atoms with Crippen molar-refractivity contribution in [2.75, 3.05) is 13.1 Å². The number of piperidine rings is 1. The van der Waals surface area contributed by atoms with Gasteiger partial charge in [0.05, 0.1) is 11.2 Å². The first-order valence-electron chi connectivity index (χ1n) is 5.89. The molecule has 0 aliphatic carbocycles. The van der Waals surface area contributed by atoms with Crippen molar-refractivity contribution in [1.29, 1.82) is 0 Å². The first kappa shape index (κ1) is 13.4. The van der Waals surface area contributed by atoms with Gasteiger partial charge in [-0.2, -0.15) is 0 Å². The van der Waals surface area contributed by atoms with Gasteiger partial charge < -0.3 is 15.1 Å². The van der Waals surface area contributed by atoms with Gasteiger partial charge >= 0.3 is 0 Å². The smallest absolute Gasteiger partial charge is 0.257 e. The van der Waals surface area contributed by atoms with Crippen molar-refractivity contribution in [1.82, 2.24) is 4.90 Å². The number of aromatic hydroxyl groups is 1. The summed E-state index contributed by atoms with van der Waals surface area (Å²) in [6, 6.07) is 4.76. The third-order valence-corrected chi connectivity index (χ3v) is 3.64. The summed E-state index contributed by atoms with van der Waals surface area (Å²) >= 11 is 3.28. The van der Waals surface area contributed by atoms with Gasteiger partial charge in [-0.1, -0.05) is 15.9 Å². The number of aliphatic hydroxyl groups is 1. The quantitative estimate of drug-likeness (QED) is 0.835. The molecule has 2 rings (SSSR count). The van der Waals surface area contributed by atoms with Crippen molar-refractivity contribution in [2.45, 2.75) is 25.4 Å². The Balaban J connectivity index is 2.23. The Hall–Kier alpha value is -1.07. The molecule has 1 saturated heterocycles. The SMILES string of the molecule is CC1(O)CCCN(C(=O)c2cc(Br)ccc2O)C1. The number of carbonyl (C=O) groups is 1. The maximum atomic E-state index is 12.3. The fourth-order valence-electron chi connectivity index (χ4n) is 2.24. The van der Waals surface area contributed by atoms with Gasteiger partial charge in [0.25, 0.3) is 5.91 Å². The summed E-state index contributed by atoms with van der Waals surface area (Å²) in [5.74, 6) is -0.276. The van der Waals surface area contributed by atoms with Crippen LogP contribution >= 0.6 is 15.9 Å². The number of β-amino-alcohol motifs (C(OH)–C–C–N with tert-alkyl or cyclic N) is 1. The second-order valence-corrected chi connectivity index (χ2v) is 5.90. The van der Waals surface area contributed by atoms with Crippen LogP contribution in [0.1, 0.15) is 30.1 Å². The Kier molecular flexibility index (Phi) is 3.64. The van der Waals surface area contributed by atoms with E-state index in [4.69, 9.17) is 0 Å². The predicted molar refractivity (Wildman–Crippen MR) is 71.6 cm³/mol. The standard InChI is InChI=1S/C13H16BrNO3/c1-13(18)5-2-6-15(8-13)12(17)10-7-9(14)3-4-11(10)16/h3-4,7,16,18H,2,5-6,8H2,1H3. The van der Waals surface area contributed by atoms with Crippen molar-refractivity contribution in [3.05, 3.63) is 28.2 Å². The molecular weight excluding hydrogens is 298 g/mol. The Morgan fingerprint density at radius 1 is 1.50 bits per heavy atom. The first-order valence-corrected chi connectivity index (χ1v) is 6.68. The molecule has 1 aliphatic heterocycles. The average molecular weight is 314 g/mol. The number of phenols is 1. The highest BCUT2D eigenvalue weighted by Crippen LogP contribution is 2.26. The number of hydrogen-bond acceptors (Lipinski definition) is 3. The van der Waals surface area contributed by atoms with Crippen LogP contribution < -0.4 is 0 Å². The first-order chi connectivity index (χ1) is 8.39. The summed E-state index contributed by atoms with van der Waals surface area (Å²) in [6.07, 6.45) is 1.47. The maximum absolute atomic E-state index is 12.3. The third kappa shape index (κ3) is 2.84. The molecule has 5 heteroatoms. The van der Waals surface area contributed by atoms with Crippen molar-refractivity contribution < 1.29 is 15.0 Å². The molecule has 4 nitrogen and oxygen atoms in total. The van der Waals surface area contributed by atoms with Crippen LogP contribution in [0.25, 0.3) is 0 Å².